The molecule has 0 bridgehead atoms. The molecule has 0 spiro atoms. The van der Waals surface area contributed by atoms with E-state index < -0.39 is 34.1 Å². The van der Waals surface area contributed by atoms with Crippen molar-refractivity contribution >= 4 is 42.6 Å². The number of thiazole rings is 1. The van der Waals surface area contributed by atoms with Crippen molar-refractivity contribution in [1.82, 2.24) is 9.29 Å². The number of carbonyl (C=O) groups is 1. The number of anilines is 1. The number of nitrogen functional groups attached to an aromatic ring is 1. The number of sulfonamides is 1. The van der Waals surface area contributed by atoms with E-state index >= 15 is 0 Å². The number of fused-ring (bicyclic) bond motifs is 1. The van der Waals surface area contributed by atoms with Gasteiger partial charge in [0.25, 0.3) is 0 Å². The first kappa shape index (κ1) is 29.6. The highest BCUT2D eigenvalue weighted by Gasteiger charge is 2.38. The van der Waals surface area contributed by atoms with Gasteiger partial charge in [-0.2, -0.15) is 4.31 Å². The minimum atomic E-state index is -4.13. The number of nitrogens with zero attached hydrogens (tertiary/aromatic N) is 2. The number of amides is 1. The van der Waals surface area contributed by atoms with Crippen molar-refractivity contribution in [3.63, 3.8) is 0 Å². The van der Waals surface area contributed by atoms with Crippen LogP contribution in [0, 0.1) is 12.8 Å². The highest BCUT2D eigenvalue weighted by Crippen LogP contribution is 2.32. The van der Waals surface area contributed by atoms with E-state index in [2.05, 4.69) is 4.98 Å². The highest BCUT2D eigenvalue weighted by atomic mass is 32.2. The Balaban J connectivity index is 1.77. The zero-order valence-corrected chi connectivity index (χ0v) is 24.3. The number of primary amides is 1. The van der Waals surface area contributed by atoms with Gasteiger partial charge in [0.1, 0.15) is 0 Å². The summed E-state index contributed by atoms with van der Waals surface area (Å²) in [6, 6.07) is 19.4. The van der Waals surface area contributed by atoms with Gasteiger partial charge in [0.2, 0.25) is 15.9 Å². The van der Waals surface area contributed by atoms with Crippen molar-refractivity contribution in [2.75, 3.05) is 12.3 Å². The first-order chi connectivity index (χ1) is 18.9. The maximum atomic E-state index is 14.0. The topological polar surface area (TPSA) is 166 Å². The predicted molar refractivity (Wildman–Crippen MR) is 159 cm³/mol. The molecule has 0 aliphatic rings. The smallest absolute Gasteiger partial charge is 0.248 e. The molecule has 0 saturated carbocycles. The number of aryl methyl sites for hydroxylation is 1. The van der Waals surface area contributed by atoms with Crippen molar-refractivity contribution in [3.05, 3.63) is 89.0 Å². The van der Waals surface area contributed by atoms with E-state index in [1.165, 1.54) is 23.5 Å². The van der Waals surface area contributed by atoms with Crippen molar-refractivity contribution in [2.45, 2.75) is 50.3 Å². The molecule has 11 heteroatoms. The monoisotopic (exact) mass is 581 g/mol. The van der Waals surface area contributed by atoms with Gasteiger partial charge in [0.15, 0.2) is 5.13 Å². The molecular weight excluding hydrogens is 546 g/mol. The SMILES string of the molecule is Cc1ccc([C@H](Cc2ccccc2)[C@@H](O)C(N)N(CC(C)C)S(=O)(=O)c2ccc3nc(N)sc3c2)cc1C(N)=O. The van der Waals surface area contributed by atoms with Gasteiger partial charge in [0.05, 0.1) is 27.4 Å². The van der Waals surface area contributed by atoms with Crippen LogP contribution in [0.15, 0.2) is 71.6 Å². The van der Waals surface area contributed by atoms with E-state index in [0.717, 1.165) is 9.87 Å². The molecule has 1 heterocycles. The zero-order chi connectivity index (χ0) is 29.2. The predicted octanol–water partition coefficient (Wildman–Crippen LogP) is 3.60. The van der Waals surface area contributed by atoms with Crippen molar-refractivity contribution < 1.29 is 18.3 Å². The molecule has 9 nitrogen and oxygen atoms in total. The molecule has 1 amide bonds. The number of nitrogens with two attached hydrogens (primary N) is 3. The number of aliphatic hydroxyl groups is 1. The Morgan fingerprint density at radius 2 is 1.77 bits per heavy atom. The van der Waals surface area contributed by atoms with E-state index in [1.54, 1.807) is 25.1 Å². The van der Waals surface area contributed by atoms with Gasteiger partial charge in [-0.15, -0.1) is 0 Å². The van der Waals surface area contributed by atoms with Crippen LogP contribution in [-0.2, 0) is 16.4 Å². The van der Waals surface area contributed by atoms with Crippen LogP contribution in [0.1, 0.15) is 46.8 Å². The number of aliphatic hydroxyl groups excluding tert-OH is 1. The molecule has 212 valence electrons. The number of benzene rings is 3. The average molecular weight is 582 g/mol. The maximum absolute atomic E-state index is 14.0. The Morgan fingerprint density at radius 1 is 1.07 bits per heavy atom. The summed E-state index contributed by atoms with van der Waals surface area (Å²) in [5.74, 6) is -1.30. The number of hydrogen-bond donors (Lipinski definition) is 4. The number of rotatable bonds is 11. The quantitative estimate of drug-likeness (QED) is 0.196. The number of carbonyl (C=O) groups excluding carboxylic acids is 1. The normalized spacial score (nSPS) is 14.5. The first-order valence-corrected chi connectivity index (χ1v) is 15.2. The van der Waals surface area contributed by atoms with Crippen molar-refractivity contribution in [2.24, 2.45) is 17.4 Å². The third kappa shape index (κ3) is 6.34. The Labute approximate surface area is 238 Å². The van der Waals surface area contributed by atoms with Crippen LogP contribution < -0.4 is 17.2 Å². The summed E-state index contributed by atoms with van der Waals surface area (Å²) < 4.78 is 29.8. The lowest BCUT2D eigenvalue weighted by molar-refractivity contribution is 0.0645. The minimum Gasteiger partial charge on any atom is -0.389 e. The Bertz CT molecular complexity index is 1610. The fourth-order valence-electron chi connectivity index (χ4n) is 4.81. The van der Waals surface area contributed by atoms with Crippen molar-refractivity contribution in [1.29, 1.82) is 0 Å². The summed E-state index contributed by atoms with van der Waals surface area (Å²) in [6.45, 7) is 5.63. The molecule has 0 saturated heterocycles. The lowest BCUT2D eigenvalue weighted by Crippen LogP contribution is -2.55. The summed E-state index contributed by atoms with van der Waals surface area (Å²) in [6.07, 6.45) is -2.25. The molecule has 3 aromatic carbocycles. The van der Waals surface area contributed by atoms with Crippen LogP contribution in [0.2, 0.25) is 0 Å². The minimum absolute atomic E-state index is 0.0397. The molecule has 0 fully saturated rings. The van der Waals surface area contributed by atoms with Gasteiger partial charge < -0.3 is 22.3 Å². The molecule has 4 rings (SSSR count). The molecule has 7 N–H and O–H groups in total. The van der Waals surface area contributed by atoms with Crippen LogP contribution >= 0.6 is 11.3 Å². The van der Waals surface area contributed by atoms with Crippen LogP contribution in [0.3, 0.4) is 0 Å². The number of hydrogen-bond acceptors (Lipinski definition) is 8. The van der Waals surface area contributed by atoms with Gasteiger partial charge in [0, 0.05) is 18.0 Å². The standard InChI is InChI=1S/C29H35N5O4S2/c1-17(2)16-34(40(37,38)21-11-12-24-25(15-21)39-29(32)33-24)27(30)26(35)23(13-19-7-5-4-6-8-19)20-10-9-18(3)22(14-20)28(31)36/h4-12,14-15,17,23,26-27,35H,13,16,30H2,1-3H3,(H2,31,36)(H2,32,33)/t23-,26+,27?/m0/s1. The molecule has 0 radical (unpaired) electrons. The molecule has 0 aliphatic heterocycles. The lowest BCUT2D eigenvalue weighted by atomic mass is 9.84. The fourth-order valence-corrected chi connectivity index (χ4v) is 7.37. The van der Waals surface area contributed by atoms with Crippen LogP contribution in [-0.4, -0.2) is 47.5 Å². The summed E-state index contributed by atoms with van der Waals surface area (Å²) >= 11 is 1.20. The molecule has 3 atom stereocenters. The second kappa shape index (κ2) is 12.0. The second-order valence-electron chi connectivity index (χ2n) is 10.4. The van der Waals surface area contributed by atoms with Gasteiger partial charge in [-0.3, -0.25) is 4.79 Å². The largest absolute Gasteiger partial charge is 0.389 e. The van der Waals surface area contributed by atoms with Gasteiger partial charge in [-0.25, -0.2) is 13.4 Å². The lowest BCUT2D eigenvalue weighted by Gasteiger charge is -2.36. The third-order valence-electron chi connectivity index (χ3n) is 6.88. The Morgan fingerprint density at radius 3 is 2.42 bits per heavy atom. The average Bonchev–Trinajstić information content (AvgIpc) is 3.29. The molecule has 1 aromatic heterocycles. The summed E-state index contributed by atoms with van der Waals surface area (Å²) in [4.78, 5) is 16.4. The summed E-state index contributed by atoms with van der Waals surface area (Å²) in [5.41, 5.74) is 21.3. The number of aromatic nitrogens is 1. The molecule has 4 aromatic rings. The van der Waals surface area contributed by atoms with Gasteiger partial charge in [-0.1, -0.05) is 67.6 Å². The van der Waals surface area contributed by atoms with E-state index in [0.29, 0.717) is 38.5 Å². The highest BCUT2D eigenvalue weighted by molar-refractivity contribution is 7.89. The fraction of sp³-hybridized carbons (Fsp3) is 0.310. The second-order valence-corrected chi connectivity index (χ2v) is 13.3. The third-order valence-corrected chi connectivity index (χ3v) is 9.58. The van der Waals surface area contributed by atoms with E-state index in [-0.39, 0.29) is 17.4 Å². The van der Waals surface area contributed by atoms with E-state index in [4.69, 9.17) is 17.2 Å². The van der Waals surface area contributed by atoms with E-state index in [1.807, 2.05) is 50.2 Å². The molecule has 40 heavy (non-hydrogen) atoms. The van der Waals surface area contributed by atoms with E-state index in [9.17, 15) is 18.3 Å². The Hall–Kier alpha value is -3.35. The maximum Gasteiger partial charge on any atom is 0.248 e. The summed E-state index contributed by atoms with van der Waals surface area (Å²) in [7, 11) is -4.13. The van der Waals surface area contributed by atoms with Gasteiger partial charge >= 0.3 is 0 Å². The van der Waals surface area contributed by atoms with Crippen LogP contribution in [0.25, 0.3) is 10.2 Å². The zero-order valence-electron chi connectivity index (χ0n) is 22.7. The van der Waals surface area contributed by atoms with Crippen molar-refractivity contribution in [3.8, 4) is 0 Å². The first-order valence-electron chi connectivity index (χ1n) is 12.9. The molecular formula is C29H35N5O4S2. The Kier molecular flexibility index (Phi) is 8.91. The molecule has 0 aliphatic carbocycles. The van der Waals surface area contributed by atoms with Crippen LogP contribution in [0.5, 0.6) is 0 Å². The molecule has 1 unspecified atom stereocenters. The van der Waals surface area contributed by atoms with Crippen LogP contribution in [0.4, 0.5) is 5.13 Å². The summed E-state index contributed by atoms with van der Waals surface area (Å²) in [5, 5.41) is 12.1. The van der Waals surface area contributed by atoms with Gasteiger partial charge in [-0.05, 0) is 60.2 Å².